The largest absolute Gasteiger partial charge is 0.238 e. The fraction of sp³-hybridized carbons (Fsp3) is 0.222. The van der Waals surface area contributed by atoms with Crippen LogP contribution in [0.3, 0.4) is 0 Å². The lowest BCUT2D eigenvalue weighted by molar-refractivity contribution is 0.617. The summed E-state index contributed by atoms with van der Waals surface area (Å²) in [5, 5.41) is 0. The zero-order valence-corrected chi connectivity index (χ0v) is 6.48. The Morgan fingerprint density at radius 3 is 2.45 bits per heavy atom. The van der Waals surface area contributed by atoms with E-state index in [1.807, 2.05) is 0 Å². The molecule has 0 spiro atoms. The van der Waals surface area contributed by atoms with Crippen molar-refractivity contribution in [2.24, 2.45) is 0 Å². The van der Waals surface area contributed by atoms with E-state index >= 15 is 0 Å². The van der Waals surface area contributed by atoms with E-state index in [0.717, 1.165) is 0 Å². The second-order valence-electron chi connectivity index (χ2n) is 2.50. The molecule has 0 aliphatic carbocycles. The lowest BCUT2D eigenvalue weighted by atomic mass is 10.1. The lowest BCUT2D eigenvalue weighted by Crippen LogP contribution is -1.83. The van der Waals surface area contributed by atoms with Crippen molar-refractivity contribution in [1.29, 1.82) is 0 Å². The minimum atomic E-state index is -0.241. The van der Waals surface area contributed by atoms with E-state index in [2.05, 4.69) is 4.85 Å². The van der Waals surface area contributed by atoms with Crippen LogP contribution in [0.4, 0.5) is 10.1 Å². The Bertz CT molecular complexity index is 323. The van der Waals surface area contributed by atoms with Crippen molar-refractivity contribution in [3.05, 3.63) is 40.5 Å². The van der Waals surface area contributed by atoms with Crippen LogP contribution in [0.1, 0.15) is 11.1 Å². The molecule has 0 N–H and O–H groups in total. The van der Waals surface area contributed by atoms with E-state index in [-0.39, 0.29) is 5.82 Å². The number of hydrogen-bond acceptors (Lipinski definition) is 0. The molecule has 1 aromatic rings. The van der Waals surface area contributed by atoms with Gasteiger partial charge in [0.15, 0.2) is 5.69 Å². The molecule has 0 aliphatic rings. The molecule has 0 saturated carbocycles. The highest BCUT2D eigenvalue weighted by Crippen LogP contribution is 2.21. The van der Waals surface area contributed by atoms with Gasteiger partial charge in [0, 0.05) is 0 Å². The zero-order valence-electron chi connectivity index (χ0n) is 6.48. The summed E-state index contributed by atoms with van der Waals surface area (Å²) in [6.07, 6.45) is 0. The predicted molar refractivity (Wildman–Crippen MR) is 42.1 cm³/mol. The minimum absolute atomic E-state index is 0.241. The van der Waals surface area contributed by atoms with Crippen LogP contribution < -0.4 is 0 Å². The van der Waals surface area contributed by atoms with Gasteiger partial charge in [-0.25, -0.2) is 9.24 Å². The van der Waals surface area contributed by atoms with Crippen molar-refractivity contribution in [2.75, 3.05) is 0 Å². The summed E-state index contributed by atoms with van der Waals surface area (Å²) < 4.78 is 12.8. The maximum Gasteiger partial charge on any atom is 0.190 e. The molecule has 0 fully saturated rings. The fourth-order valence-corrected chi connectivity index (χ4v) is 0.886. The highest BCUT2D eigenvalue weighted by molar-refractivity contribution is 5.53. The Morgan fingerprint density at radius 2 is 1.91 bits per heavy atom. The number of rotatable bonds is 0. The van der Waals surface area contributed by atoms with E-state index < -0.39 is 0 Å². The van der Waals surface area contributed by atoms with Crippen molar-refractivity contribution in [3.8, 4) is 0 Å². The summed E-state index contributed by atoms with van der Waals surface area (Å²) in [6.45, 7) is 10.1. The Kier molecular flexibility index (Phi) is 1.91. The van der Waals surface area contributed by atoms with Crippen molar-refractivity contribution in [3.63, 3.8) is 0 Å². The topological polar surface area (TPSA) is 4.36 Å². The van der Waals surface area contributed by atoms with Crippen molar-refractivity contribution < 1.29 is 4.39 Å². The molecular weight excluding hydrogens is 141 g/mol. The average Bonchev–Trinajstić information content (AvgIpc) is 1.97. The third-order valence-electron chi connectivity index (χ3n) is 1.60. The van der Waals surface area contributed by atoms with Gasteiger partial charge in [-0.2, -0.15) is 0 Å². The minimum Gasteiger partial charge on any atom is -0.238 e. The SMILES string of the molecule is [C-]#[N+]c1cc(C)c(F)cc1C. The summed E-state index contributed by atoms with van der Waals surface area (Å²) in [5.41, 5.74) is 1.76. The zero-order chi connectivity index (χ0) is 8.43. The first-order valence-electron chi connectivity index (χ1n) is 3.29. The van der Waals surface area contributed by atoms with Crippen LogP contribution >= 0.6 is 0 Å². The molecule has 0 radical (unpaired) electrons. The second kappa shape index (κ2) is 2.71. The van der Waals surface area contributed by atoms with E-state index in [1.165, 1.54) is 6.07 Å². The molecule has 0 aromatic heterocycles. The Morgan fingerprint density at radius 1 is 1.27 bits per heavy atom. The van der Waals surface area contributed by atoms with Gasteiger partial charge < -0.3 is 0 Å². The molecule has 2 heteroatoms. The van der Waals surface area contributed by atoms with Gasteiger partial charge in [0.25, 0.3) is 0 Å². The van der Waals surface area contributed by atoms with Gasteiger partial charge in [-0.15, -0.1) is 0 Å². The number of aryl methyl sites for hydroxylation is 2. The summed E-state index contributed by atoms with van der Waals surface area (Å²) >= 11 is 0. The quantitative estimate of drug-likeness (QED) is 0.499. The summed E-state index contributed by atoms with van der Waals surface area (Å²) in [6, 6.07) is 2.96. The Labute approximate surface area is 65.3 Å². The molecule has 11 heavy (non-hydrogen) atoms. The molecular formula is C9H8FN. The first-order valence-corrected chi connectivity index (χ1v) is 3.29. The number of halogens is 1. The van der Waals surface area contributed by atoms with E-state index in [4.69, 9.17) is 6.57 Å². The summed E-state index contributed by atoms with van der Waals surface area (Å²) in [5.74, 6) is -0.241. The van der Waals surface area contributed by atoms with E-state index in [0.29, 0.717) is 16.8 Å². The second-order valence-corrected chi connectivity index (χ2v) is 2.50. The van der Waals surface area contributed by atoms with Gasteiger partial charge in [0.05, 0.1) is 6.57 Å². The number of benzene rings is 1. The number of hydrogen-bond donors (Lipinski definition) is 0. The van der Waals surface area contributed by atoms with Crippen molar-refractivity contribution >= 4 is 5.69 Å². The molecule has 0 heterocycles. The maximum absolute atomic E-state index is 12.8. The summed E-state index contributed by atoms with van der Waals surface area (Å²) in [7, 11) is 0. The molecule has 56 valence electrons. The molecule has 0 atom stereocenters. The van der Waals surface area contributed by atoms with Gasteiger partial charge in [0.2, 0.25) is 0 Å². The number of nitrogens with zero attached hydrogens (tertiary/aromatic N) is 1. The normalized spacial score (nSPS) is 9.27. The van der Waals surface area contributed by atoms with Crippen molar-refractivity contribution in [1.82, 2.24) is 0 Å². The lowest BCUT2D eigenvalue weighted by Gasteiger charge is -1.99. The Balaban J connectivity index is 3.35. The third-order valence-corrected chi connectivity index (χ3v) is 1.60. The highest BCUT2D eigenvalue weighted by atomic mass is 19.1. The van der Waals surface area contributed by atoms with Crippen LogP contribution in [0.15, 0.2) is 12.1 Å². The first-order chi connectivity index (χ1) is 5.15. The van der Waals surface area contributed by atoms with Crippen LogP contribution in [-0.2, 0) is 0 Å². The van der Waals surface area contributed by atoms with Crippen LogP contribution in [-0.4, -0.2) is 0 Å². The third kappa shape index (κ3) is 1.38. The van der Waals surface area contributed by atoms with Crippen LogP contribution in [0.25, 0.3) is 4.85 Å². The van der Waals surface area contributed by atoms with Crippen LogP contribution in [0.2, 0.25) is 0 Å². The van der Waals surface area contributed by atoms with E-state index in [1.54, 1.807) is 19.9 Å². The molecule has 0 saturated heterocycles. The average molecular weight is 149 g/mol. The van der Waals surface area contributed by atoms with Gasteiger partial charge in [-0.05, 0) is 31.0 Å². The van der Waals surface area contributed by atoms with E-state index in [9.17, 15) is 4.39 Å². The fourth-order valence-electron chi connectivity index (χ4n) is 0.886. The van der Waals surface area contributed by atoms with Gasteiger partial charge in [0.1, 0.15) is 5.82 Å². The van der Waals surface area contributed by atoms with Crippen LogP contribution in [0, 0.1) is 26.2 Å². The Hall–Kier alpha value is -1.36. The highest BCUT2D eigenvalue weighted by Gasteiger charge is 2.02. The first kappa shape index (κ1) is 7.74. The molecule has 1 aromatic carbocycles. The standard InChI is InChI=1S/C9H8FN/c1-6-5-9(11-3)7(2)4-8(6)10/h4-5H,1-2H3. The smallest absolute Gasteiger partial charge is 0.190 e. The molecule has 0 amide bonds. The predicted octanol–water partition coefficient (Wildman–Crippen LogP) is 2.99. The summed E-state index contributed by atoms with van der Waals surface area (Å²) in [4.78, 5) is 3.26. The maximum atomic E-state index is 12.8. The van der Waals surface area contributed by atoms with Crippen LogP contribution in [0.5, 0.6) is 0 Å². The molecule has 0 unspecified atom stereocenters. The molecule has 0 bridgehead atoms. The molecule has 0 aliphatic heterocycles. The van der Waals surface area contributed by atoms with Gasteiger partial charge in [-0.1, -0.05) is 6.07 Å². The molecule has 1 nitrogen and oxygen atoms in total. The monoisotopic (exact) mass is 149 g/mol. The van der Waals surface area contributed by atoms with Gasteiger partial charge >= 0.3 is 0 Å². The van der Waals surface area contributed by atoms with Crippen molar-refractivity contribution in [2.45, 2.75) is 13.8 Å². The molecule has 1 rings (SSSR count). The van der Waals surface area contributed by atoms with Gasteiger partial charge in [-0.3, -0.25) is 0 Å².